The summed E-state index contributed by atoms with van der Waals surface area (Å²) in [5.41, 5.74) is 5.91. The molecular formula is C24H35N5O4S. The van der Waals surface area contributed by atoms with Gasteiger partial charge in [-0.05, 0) is 30.4 Å². The molecule has 0 saturated carbocycles. The van der Waals surface area contributed by atoms with Crippen LogP contribution in [-0.2, 0) is 16.1 Å². The third-order valence-corrected chi connectivity index (χ3v) is 6.28. The number of nitrogens with one attached hydrogen (secondary N) is 1. The van der Waals surface area contributed by atoms with Crippen LogP contribution in [0.1, 0.15) is 33.3 Å². The first-order chi connectivity index (χ1) is 15.9. The number of hydrogen-bond acceptors (Lipinski definition) is 6. The Kier molecular flexibility index (Phi) is 9.55. The van der Waals surface area contributed by atoms with Gasteiger partial charge < -0.3 is 15.5 Å². The summed E-state index contributed by atoms with van der Waals surface area (Å²) in [6.45, 7) is 9.92. The molecule has 2 amide bonds. The molecule has 0 aliphatic rings. The summed E-state index contributed by atoms with van der Waals surface area (Å²) in [6, 6.07) is 7.78. The standard InChI is InChI=1S/C24H35N5O4S/c1-15(2)11-28(21-22(25)29(12-16(3)4)24(33)26-23(21)32)19(30)13-27(6)20(31)14-34-18-10-8-7-9-17(18)5/h7-10,15-16H,11-14,25H2,1-6H3,(H,26,32,33). The van der Waals surface area contributed by atoms with E-state index in [9.17, 15) is 19.2 Å². The van der Waals surface area contributed by atoms with E-state index in [2.05, 4.69) is 4.98 Å². The first-order valence-electron chi connectivity index (χ1n) is 11.3. The third kappa shape index (κ3) is 6.99. The highest BCUT2D eigenvalue weighted by Gasteiger charge is 2.27. The Morgan fingerprint density at radius 2 is 1.74 bits per heavy atom. The van der Waals surface area contributed by atoms with Gasteiger partial charge in [0.05, 0.1) is 12.3 Å². The lowest BCUT2D eigenvalue weighted by Gasteiger charge is -2.28. The largest absolute Gasteiger partial charge is 0.383 e. The quantitative estimate of drug-likeness (QED) is 0.494. The van der Waals surface area contributed by atoms with E-state index in [1.54, 1.807) is 7.05 Å². The zero-order chi connectivity index (χ0) is 25.6. The molecule has 1 aromatic heterocycles. The van der Waals surface area contributed by atoms with Gasteiger partial charge >= 0.3 is 5.69 Å². The highest BCUT2D eigenvalue weighted by atomic mass is 32.2. The second kappa shape index (κ2) is 11.9. The fraction of sp³-hybridized carbons (Fsp3) is 0.500. The molecule has 2 aromatic rings. The van der Waals surface area contributed by atoms with Gasteiger partial charge in [-0.25, -0.2) is 4.79 Å². The number of benzene rings is 1. The van der Waals surface area contributed by atoms with E-state index in [4.69, 9.17) is 5.73 Å². The molecule has 1 heterocycles. The first kappa shape index (κ1) is 27.2. The highest BCUT2D eigenvalue weighted by molar-refractivity contribution is 8.00. The zero-order valence-corrected chi connectivity index (χ0v) is 21.6. The average molecular weight is 490 g/mol. The highest BCUT2D eigenvalue weighted by Crippen LogP contribution is 2.22. The summed E-state index contributed by atoms with van der Waals surface area (Å²) < 4.78 is 1.27. The van der Waals surface area contributed by atoms with Gasteiger partial charge in [0.2, 0.25) is 11.8 Å². The molecule has 3 N–H and O–H groups in total. The number of nitrogen functional groups attached to an aromatic ring is 1. The molecule has 10 heteroatoms. The average Bonchev–Trinajstić information content (AvgIpc) is 2.74. The van der Waals surface area contributed by atoms with Crippen molar-refractivity contribution in [1.82, 2.24) is 14.5 Å². The van der Waals surface area contributed by atoms with Crippen LogP contribution < -0.4 is 21.9 Å². The van der Waals surface area contributed by atoms with E-state index in [0.717, 1.165) is 10.5 Å². The molecule has 9 nitrogen and oxygen atoms in total. The van der Waals surface area contributed by atoms with Crippen LogP contribution in [0.3, 0.4) is 0 Å². The van der Waals surface area contributed by atoms with Gasteiger partial charge in [-0.15, -0.1) is 11.8 Å². The van der Waals surface area contributed by atoms with Crippen LogP contribution in [0.15, 0.2) is 38.8 Å². The summed E-state index contributed by atoms with van der Waals surface area (Å²) in [5.74, 6) is -0.412. The summed E-state index contributed by atoms with van der Waals surface area (Å²) in [4.78, 5) is 56.9. The molecule has 186 valence electrons. The van der Waals surface area contributed by atoms with Crippen LogP contribution >= 0.6 is 11.8 Å². The summed E-state index contributed by atoms with van der Waals surface area (Å²) in [5, 5.41) is 0. The van der Waals surface area contributed by atoms with Crippen LogP contribution in [0.25, 0.3) is 0 Å². The predicted octanol–water partition coefficient (Wildman–Crippen LogP) is 2.32. The number of likely N-dealkylation sites (N-methyl/N-ethyl adjacent to an activating group) is 1. The molecule has 0 bridgehead atoms. The molecule has 0 radical (unpaired) electrons. The maximum absolute atomic E-state index is 13.3. The van der Waals surface area contributed by atoms with Crippen LogP contribution in [0, 0.1) is 18.8 Å². The SMILES string of the molecule is Cc1ccccc1SCC(=O)N(C)CC(=O)N(CC(C)C)c1c(N)n(CC(C)C)c(=O)[nH]c1=O. The van der Waals surface area contributed by atoms with E-state index in [1.165, 1.54) is 26.1 Å². The molecule has 0 atom stereocenters. The molecule has 0 unspecified atom stereocenters. The van der Waals surface area contributed by atoms with E-state index in [1.807, 2.05) is 58.9 Å². The van der Waals surface area contributed by atoms with Crippen LogP contribution in [-0.4, -0.2) is 52.2 Å². The van der Waals surface area contributed by atoms with Crippen molar-refractivity contribution in [2.24, 2.45) is 11.8 Å². The minimum atomic E-state index is -0.722. The summed E-state index contributed by atoms with van der Waals surface area (Å²) in [7, 11) is 1.56. The first-order valence-corrected chi connectivity index (χ1v) is 12.3. The topological polar surface area (TPSA) is 121 Å². The number of amides is 2. The molecule has 34 heavy (non-hydrogen) atoms. The maximum Gasteiger partial charge on any atom is 0.330 e. The van der Waals surface area contributed by atoms with Crippen molar-refractivity contribution in [3.63, 3.8) is 0 Å². The number of H-pyrrole nitrogens is 1. The Hall–Kier alpha value is -3.01. The summed E-state index contributed by atoms with van der Waals surface area (Å²) >= 11 is 1.41. The molecule has 2 rings (SSSR count). The second-order valence-corrected chi connectivity index (χ2v) is 10.2. The molecule has 0 fully saturated rings. The zero-order valence-electron chi connectivity index (χ0n) is 20.8. The number of aromatic amines is 1. The van der Waals surface area contributed by atoms with Crippen LogP contribution in [0.5, 0.6) is 0 Å². The predicted molar refractivity (Wildman–Crippen MR) is 137 cm³/mol. The van der Waals surface area contributed by atoms with E-state index in [-0.39, 0.29) is 48.1 Å². The fourth-order valence-corrected chi connectivity index (χ4v) is 4.38. The van der Waals surface area contributed by atoms with Gasteiger partial charge in [-0.2, -0.15) is 0 Å². The van der Waals surface area contributed by atoms with Crippen LogP contribution in [0.2, 0.25) is 0 Å². The van der Waals surface area contributed by atoms with Crippen molar-refractivity contribution in [3.05, 3.63) is 50.7 Å². The maximum atomic E-state index is 13.3. The fourth-order valence-electron chi connectivity index (χ4n) is 3.41. The van der Waals surface area contributed by atoms with Crippen molar-refractivity contribution in [2.75, 3.05) is 36.5 Å². The van der Waals surface area contributed by atoms with Gasteiger partial charge in [0.25, 0.3) is 5.56 Å². The third-order valence-electron chi connectivity index (χ3n) is 5.12. The van der Waals surface area contributed by atoms with Gasteiger partial charge in [0.15, 0.2) is 5.69 Å². The minimum absolute atomic E-state index is 0.0193. The Bertz CT molecular complexity index is 1140. The monoisotopic (exact) mass is 489 g/mol. The lowest BCUT2D eigenvalue weighted by molar-refractivity contribution is -0.131. The Morgan fingerprint density at radius 3 is 2.32 bits per heavy atom. The Labute approximate surface area is 204 Å². The normalized spacial score (nSPS) is 11.2. The number of carbonyl (C=O) groups excluding carboxylic acids is 2. The number of hydrogen-bond donors (Lipinski definition) is 2. The van der Waals surface area contributed by atoms with Crippen molar-refractivity contribution >= 4 is 35.1 Å². The molecule has 0 aliphatic heterocycles. The van der Waals surface area contributed by atoms with Gasteiger partial charge in [0.1, 0.15) is 5.82 Å². The van der Waals surface area contributed by atoms with Crippen LogP contribution in [0.4, 0.5) is 11.5 Å². The van der Waals surface area contributed by atoms with E-state index >= 15 is 0 Å². The molecule has 0 saturated heterocycles. The number of aromatic nitrogens is 2. The summed E-state index contributed by atoms with van der Waals surface area (Å²) in [6.07, 6.45) is 0. The number of thioether (sulfide) groups is 1. The van der Waals surface area contributed by atoms with Gasteiger partial charge in [-0.1, -0.05) is 45.9 Å². The number of nitrogens with zero attached hydrogens (tertiary/aromatic N) is 3. The number of aryl methyl sites for hydroxylation is 1. The molecule has 0 aliphatic carbocycles. The molecule has 1 aromatic carbocycles. The minimum Gasteiger partial charge on any atom is -0.383 e. The smallest absolute Gasteiger partial charge is 0.330 e. The second-order valence-electron chi connectivity index (χ2n) is 9.20. The number of nitrogens with two attached hydrogens (primary N) is 1. The molecular weight excluding hydrogens is 454 g/mol. The van der Waals surface area contributed by atoms with Gasteiger partial charge in [-0.3, -0.25) is 23.9 Å². The lowest BCUT2D eigenvalue weighted by Crippen LogP contribution is -2.47. The van der Waals surface area contributed by atoms with Gasteiger partial charge in [0, 0.05) is 25.0 Å². The lowest BCUT2D eigenvalue weighted by atomic mass is 10.2. The van der Waals surface area contributed by atoms with Crippen molar-refractivity contribution in [1.29, 1.82) is 0 Å². The molecule has 0 spiro atoms. The number of rotatable bonds is 10. The van der Waals surface area contributed by atoms with E-state index in [0.29, 0.717) is 6.54 Å². The van der Waals surface area contributed by atoms with Crippen molar-refractivity contribution in [2.45, 2.75) is 46.1 Å². The van der Waals surface area contributed by atoms with Crippen molar-refractivity contribution < 1.29 is 9.59 Å². The van der Waals surface area contributed by atoms with Crippen molar-refractivity contribution in [3.8, 4) is 0 Å². The number of anilines is 2. The van der Waals surface area contributed by atoms with E-state index < -0.39 is 17.2 Å². The Morgan fingerprint density at radius 1 is 1.09 bits per heavy atom. The number of carbonyl (C=O) groups is 2. The Balaban J connectivity index is 2.26.